The molecule has 0 aromatic heterocycles. The van der Waals surface area contributed by atoms with Crippen LogP contribution in [0.15, 0.2) is 0 Å². The molecule has 0 aromatic rings. The van der Waals surface area contributed by atoms with Gasteiger partial charge in [0.05, 0.1) is 6.61 Å². The first-order valence-electron chi connectivity index (χ1n) is 3.67. The second kappa shape index (κ2) is 1.70. The first-order valence-corrected chi connectivity index (χ1v) is 3.67. The van der Waals surface area contributed by atoms with Gasteiger partial charge in [-0.1, -0.05) is 0 Å². The van der Waals surface area contributed by atoms with Crippen molar-refractivity contribution in [1.29, 1.82) is 0 Å². The highest BCUT2D eigenvalue weighted by molar-refractivity contribution is 5.02. The number of hydrogen-bond acceptors (Lipinski definition) is 2. The minimum Gasteiger partial charge on any atom is -0.380 e. The average molecular weight is 127 g/mol. The fourth-order valence-electron chi connectivity index (χ4n) is 1.63. The van der Waals surface area contributed by atoms with E-state index in [1.54, 1.807) is 0 Å². The van der Waals surface area contributed by atoms with E-state index in [4.69, 9.17) is 10.5 Å². The van der Waals surface area contributed by atoms with Gasteiger partial charge in [0.15, 0.2) is 0 Å². The van der Waals surface area contributed by atoms with Gasteiger partial charge in [-0.2, -0.15) is 0 Å². The summed E-state index contributed by atoms with van der Waals surface area (Å²) in [6, 6.07) is 0.339. The number of ether oxygens (including phenoxy) is 1. The van der Waals surface area contributed by atoms with Crippen LogP contribution in [0.5, 0.6) is 0 Å². The highest BCUT2D eigenvalue weighted by Crippen LogP contribution is 2.52. The van der Waals surface area contributed by atoms with Gasteiger partial charge in [0.25, 0.3) is 0 Å². The third-order valence-corrected chi connectivity index (χ3v) is 2.72. The minimum atomic E-state index is 0.339. The Morgan fingerprint density at radius 2 is 2.11 bits per heavy atom. The second-order valence-corrected chi connectivity index (χ2v) is 3.29. The molecule has 52 valence electrons. The lowest BCUT2D eigenvalue weighted by molar-refractivity contribution is 0.0398. The number of rotatable bonds is 0. The molecule has 9 heavy (non-hydrogen) atoms. The lowest BCUT2D eigenvalue weighted by atomic mass is 9.92. The maximum atomic E-state index is 5.85. The molecule has 2 heteroatoms. The van der Waals surface area contributed by atoms with Crippen LogP contribution < -0.4 is 5.73 Å². The molecule has 1 aliphatic carbocycles. The first-order chi connectivity index (χ1) is 4.33. The average Bonchev–Trinajstić information content (AvgIpc) is 2.60. The first kappa shape index (κ1) is 5.69. The molecule has 2 nitrogen and oxygen atoms in total. The van der Waals surface area contributed by atoms with Gasteiger partial charge in [0, 0.05) is 12.6 Å². The van der Waals surface area contributed by atoms with Gasteiger partial charge in [-0.25, -0.2) is 0 Å². The van der Waals surface area contributed by atoms with E-state index in [2.05, 4.69) is 0 Å². The molecule has 2 rings (SSSR count). The zero-order valence-electron chi connectivity index (χ0n) is 5.60. The summed E-state index contributed by atoms with van der Waals surface area (Å²) in [5.41, 5.74) is 6.39. The van der Waals surface area contributed by atoms with E-state index in [0.29, 0.717) is 11.5 Å². The van der Waals surface area contributed by atoms with Crippen molar-refractivity contribution in [2.24, 2.45) is 11.1 Å². The van der Waals surface area contributed by atoms with Crippen molar-refractivity contribution in [3.8, 4) is 0 Å². The quantitative estimate of drug-likeness (QED) is 0.514. The fourth-order valence-corrected chi connectivity index (χ4v) is 1.63. The molecule has 0 bridgehead atoms. The van der Waals surface area contributed by atoms with Crippen molar-refractivity contribution in [1.82, 2.24) is 0 Å². The maximum Gasteiger partial charge on any atom is 0.0622 e. The Balaban J connectivity index is 2.03. The highest BCUT2D eigenvalue weighted by Gasteiger charge is 2.48. The van der Waals surface area contributed by atoms with E-state index in [9.17, 15) is 0 Å². The summed E-state index contributed by atoms with van der Waals surface area (Å²) in [7, 11) is 0. The van der Waals surface area contributed by atoms with Crippen molar-refractivity contribution in [2.45, 2.75) is 25.3 Å². The fraction of sp³-hybridized carbons (Fsp3) is 1.00. The molecule has 0 amide bonds. The molecule has 1 aliphatic heterocycles. The molecule has 2 aliphatic rings. The van der Waals surface area contributed by atoms with Gasteiger partial charge in [-0.15, -0.1) is 0 Å². The second-order valence-electron chi connectivity index (χ2n) is 3.29. The van der Waals surface area contributed by atoms with Crippen LogP contribution in [0.25, 0.3) is 0 Å². The molecule has 2 N–H and O–H groups in total. The van der Waals surface area contributed by atoms with Crippen LogP contribution in [-0.4, -0.2) is 19.3 Å². The van der Waals surface area contributed by atoms with Crippen LogP contribution in [0, 0.1) is 5.41 Å². The summed E-state index contributed by atoms with van der Waals surface area (Å²) in [6.07, 6.45) is 3.89. The molecule has 1 unspecified atom stereocenters. The lowest BCUT2D eigenvalue weighted by Gasteiger charge is -2.28. The van der Waals surface area contributed by atoms with E-state index in [1.165, 1.54) is 19.3 Å². The van der Waals surface area contributed by atoms with Crippen molar-refractivity contribution >= 4 is 0 Å². The van der Waals surface area contributed by atoms with Crippen molar-refractivity contribution in [3.63, 3.8) is 0 Å². The predicted octanol–water partition coefficient (Wildman–Crippen LogP) is 0.514. The number of nitrogens with two attached hydrogens (primary N) is 1. The van der Waals surface area contributed by atoms with Gasteiger partial charge in [0.2, 0.25) is 0 Å². The topological polar surface area (TPSA) is 35.2 Å². The molecule has 1 heterocycles. The molecular formula is C7H13NO. The van der Waals surface area contributed by atoms with Gasteiger partial charge in [-0.05, 0) is 24.7 Å². The minimum absolute atomic E-state index is 0.339. The normalized spacial score (nSPS) is 39.0. The zero-order valence-corrected chi connectivity index (χ0v) is 5.60. The molecule has 1 saturated carbocycles. The molecule has 1 saturated heterocycles. The van der Waals surface area contributed by atoms with Gasteiger partial charge in [-0.3, -0.25) is 0 Å². The third kappa shape index (κ3) is 0.775. The smallest absolute Gasteiger partial charge is 0.0622 e. The van der Waals surface area contributed by atoms with Gasteiger partial charge < -0.3 is 10.5 Å². The van der Waals surface area contributed by atoms with Gasteiger partial charge in [0.1, 0.15) is 0 Å². The standard InChI is InChI=1S/C7H13NO/c8-6-5-9-4-3-7(6)1-2-7/h6H,1-5,8H2. The highest BCUT2D eigenvalue weighted by atomic mass is 16.5. The lowest BCUT2D eigenvalue weighted by Crippen LogP contribution is -2.40. The molecule has 2 fully saturated rings. The van der Waals surface area contributed by atoms with Gasteiger partial charge >= 0.3 is 0 Å². The Kier molecular flexibility index (Phi) is 1.08. The van der Waals surface area contributed by atoms with Crippen LogP contribution in [0.1, 0.15) is 19.3 Å². The van der Waals surface area contributed by atoms with Crippen LogP contribution in [-0.2, 0) is 4.74 Å². The van der Waals surface area contributed by atoms with Crippen LogP contribution >= 0.6 is 0 Å². The van der Waals surface area contributed by atoms with E-state index < -0.39 is 0 Å². The SMILES string of the molecule is NC1COCCC12CC2. The third-order valence-electron chi connectivity index (χ3n) is 2.72. The summed E-state index contributed by atoms with van der Waals surface area (Å²) in [6.45, 7) is 1.73. The Morgan fingerprint density at radius 1 is 1.33 bits per heavy atom. The Bertz CT molecular complexity index is 120. The Labute approximate surface area is 55.4 Å². The molecule has 0 aromatic carbocycles. The largest absolute Gasteiger partial charge is 0.380 e. The summed E-state index contributed by atoms with van der Waals surface area (Å²) in [4.78, 5) is 0. The molecular weight excluding hydrogens is 114 g/mol. The number of hydrogen-bond donors (Lipinski definition) is 1. The predicted molar refractivity (Wildman–Crippen MR) is 35.1 cm³/mol. The van der Waals surface area contributed by atoms with E-state index in [-0.39, 0.29) is 0 Å². The van der Waals surface area contributed by atoms with Crippen LogP contribution in [0.4, 0.5) is 0 Å². The summed E-state index contributed by atoms with van der Waals surface area (Å²) < 4.78 is 5.23. The summed E-state index contributed by atoms with van der Waals surface area (Å²) in [5.74, 6) is 0. The molecule has 1 atom stereocenters. The van der Waals surface area contributed by atoms with Crippen molar-refractivity contribution in [3.05, 3.63) is 0 Å². The maximum absolute atomic E-state index is 5.85. The van der Waals surface area contributed by atoms with Crippen LogP contribution in [0.3, 0.4) is 0 Å². The zero-order chi connectivity index (χ0) is 6.32. The molecule has 1 spiro atoms. The van der Waals surface area contributed by atoms with E-state index >= 15 is 0 Å². The van der Waals surface area contributed by atoms with E-state index in [1.807, 2.05) is 0 Å². The summed E-state index contributed by atoms with van der Waals surface area (Å²) in [5, 5.41) is 0. The Hall–Kier alpha value is -0.0800. The van der Waals surface area contributed by atoms with Crippen molar-refractivity contribution < 1.29 is 4.74 Å². The Morgan fingerprint density at radius 3 is 2.56 bits per heavy atom. The van der Waals surface area contributed by atoms with E-state index in [0.717, 1.165) is 13.2 Å². The summed E-state index contributed by atoms with van der Waals surface area (Å²) >= 11 is 0. The van der Waals surface area contributed by atoms with Crippen molar-refractivity contribution in [2.75, 3.05) is 13.2 Å². The van der Waals surface area contributed by atoms with Crippen LogP contribution in [0.2, 0.25) is 0 Å². The monoisotopic (exact) mass is 127 g/mol. The molecule has 0 radical (unpaired) electrons.